The Morgan fingerprint density at radius 1 is 0.762 bits per heavy atom. The molecule has 0 saturated carbocycles. The molecule has 21 heavy (non-hydrogen) atoms. The third kappa shape index (κ3) is 17.4. The molecule has 0 aromatic heterocycles. The molecule has 126 valence electrons. The van der Waals surface area contributed by atoms with Gasteiger partial charge in [0.1, 0.15) is 0 Å². The van der Waals surface area contributed by atoms with Crippen molar-refractivity contribution in [3.63, 3.8) is 0 Å². The number of hydrogen-bond donors (Lipinski definition) is 2. The van der Waals surface area contributed by atoms with Crippen molar-refractivity contribution >= 4 is 5.91 Å². The summed E-state index contributed by atoms with van der Waals surface area (Å²) in [5, 5.41) is 3.01. The van der Waals surface area contributed by atoms with E-state index in [1.807, 2.05) is 0 Å². The van der Waals surface area contributed by atoms with Crippen LogP contribution >= 0.6 is 0 Å². The van der Waals surface area contributed by atoms with E-state index in [-0.39, 0.29) is 5.91 Å². The second-order valence-corrected chi connectivity index (χ2v) is 6.13. The maximum Gasteiger partial charge on any atom is 0.219 e. The molecule has 0 aliphatic rings. The van der Waals surface area contributed by atoms with Crippen molar-refractivity contribution < 1.29 is 4.79 Å². The molecule has 0 aliphatic heterocycles. The molecule has 0 aromatic rings. The third-order valence-electron chi connectivity index (χ3n) is 3.96. The topological polar surface area (TPSA) is 55.1 Å². The predicted molar refractivity (Wildman–Crippen MR) is 92.4 cm³/mol. The lowest BCUT2D eigenvalue weighted by Gasteiger charge is -2.05. The Morgan fingerprint density at radius 2 is 1.29 bits per heavy atom. The fourth-order valence-electron chi connectivity index (χ4n) is 2.54. The maximum absolute atomic E-state index is 11.6. The van der Waals surface area contributed by atoms with Gasteiger partial charge in [-0.2, -0.15) is 0 Å². The summed E-state index contributed by atoms with van der Waals surface area (Å²) in [4.78, 5) is 11.6. The van der Waals surface area contributed by atoms with Gasteiger partial charge in [-0.15, -0.1) is 0 Å². The fourth-order valence-corrected chi connectivity index (χ4v) is 2.54. The van der Waals surface area contributed by atoms with Crippen molar-refractivity contribution in [3.8, 4) is 0 Å². The van der Waals surface area contributed by atoms with E-state index in [0.29, 0.717) is 6.42 Å². The van der Waals surface area contributed by atoms with Crippen LogP contribution in [0.5, 0.6) is 0 Å². The van der Waals surface area contributed by atoms with E-state index in [0.717, 1.165) is 32.4 Å². The van der Waals surface area contributed by atoms with Crippen molar-refractivity contribution in [1.82, 2.24) is 5.32 Å². The molecule has 0 radical (unpaired) electrons. The minimum atomic E-state index is 0.233. The van der Waals surface area contributed by atoms with Crippen LogP contribution < -0.4 is 11.1 Å². The molecule has 0 spiro atoms. The van der Waals surface area contributed by atoms with E-state index in [1.54, 1.807) is 0 Å². The molecule has 0 heterocycles. The summed E-state index contributed by atoms with van der Waals surface area (Å²) >= 11 is 0. The average Bonchev–Trinajstić information content (AvgIpc) is 2.49. The molecular weight excluding hydrogens is 260 g/mol. The van der Waals surface area contributed by atoms with E-state index in [2.05, 4.69) is 12.2 Å². The summed E-state index contributed by atoms with van der Waals surface area (Å²) in [5.74, 6) is 0.233. The Bertz CT molecular complexity index is 219. The minimum Gasteiger partial charge on any atom is -0.356 e. The number of rotatable bonds is 16. The third-order valence-corrected chi connectivity index (χ3v) is 3.96. The summed E-state index contributed by atoms with van der Waals surface area (Å²) < 4.78 is 0. The van der Waals surface area contributed by atoms with Gasteiger partial charge in [-0.25, -0.2) is 0 Å². The molecule has 0 bridgehead atoms. The van der Waals surface area contributed by atoms with Crippen LogP contribution in [0.1, 0.15) is 96.8 Å². The minimum absolute atomic E-state index is 0.233. The van der Waals surface area contributed by atoms with Gasteiger partial charge in [0, 0.05) is 13.0 Å². The number of unbranched alkanes of at least 4 members (excludes halogenated alkanes) is 11. The first-order valence-electron chi connectivity index (χ1n) is 9.28. The monoisotopic (exact) mass is 298 g/mol. The predicted octanol–water partition coefficient (Wildman–Crippen LogP) is 4.54. The van der Waals surface area contributed by atoms with Crippen molar-refractivity contribution in [3.05, 3.63) is 0 Å². The zero-order valence-electron chi connectivity index (χ0n) is 14.3. The highest BCUT2D eigenvalue weighted by Gasteiger charge is 2.00. The number of carbonyl (C=O) groups excluding carboxylic acids is 1. The van der Waals surface area contributed by atoms with Crippen molar-refractivity contribution in [2.45, 2.75) is 96.8 Å². The Labute approximate surface area is 132 Å². The number of nitrogens with two attached hydrogens (primary N) is 1. The van der Waals surface area contributed by atoms with E-state index in [9.17, 15) is 4.79 Å². The molecule has 3 heteroatoms. The lowest BCUT2D eigenvalue weighted by atomic mass is 10.1. The molecule has 0 fully saturated rings. The van der Waals surface area contributed by atoms with Gasteiger partial charge in [-0.3, -0.25) is 4.79 Å². The number of carbonyl (C=O) groups is 1. The van der Waals surface area contributed by atoms with Crippen LogP contribution in [0, 0.1) is 0 Å². The summed E-state index contributed by atoms with van der Waals surface area (Å²) in [6.45, 7) is 3.87. The highest BCUT2D eigenvalue weighted by Crippen LogP contribution is 2.10. The molecule has 0 atom stereocenters. The number of hydrogen-bond acceptors (Lipinski definition) is 2. The van der Waals surface area contributed by atoms with Gasteiger partial charge in [-0.1, -0.05) is 71.1 Å². The largest absolute Gasteiger partial charge is 0.356 e. The van der Waals surface area contributed by atoms with Crippen LogP contribution in [0.25, 0.3) is 0 Å². The van der Waals surface area contributed by atoms with Crippen LogP contribution in [0.4, 0.5) is 0 Å². The van der Waals surface area contributed by atoms with E-state index < -0.39 is 0 Å². The normalized spacial score (nSPS) is 10.8. The van der Waals surface area contributed by atoms with Crippen molar-refractivity contribution in [2.75, 3.05) is 13.1 Å². The zero-order valence-corrected chi connectivity index (χ0v) is 14.3. The zero-order chi connectivity index (χ0) is 15.6. The number of nitrogens with one attached hydrogen (secondary N) is 1. The Balaban J connectivity index is 3.12. The van der Waals surface area contributed by atoms with E-state index in [4.69, 9.17) is 5.73 Å². The summed E-state index contributed by atoms with van der Waals surface area (Å²) in [6.07, 6.45) is 17.0. The van der Waals surface area contributed by atoms with Gasteiger partial charge in [0.15, 0.2) is 0 Å². The Kier molecular flexibility index (Phi) is 17.0. The van der Waals surface area contributed by atoms with E-state index in [1.165, 1.54) is 64.2 Å². The van der Waals surface area contributed by atoms with Crippen LogP contribution in [-0.2, 0) is 4.79 Å². The first kappa shape index (κ1) is 20.4. The van der Waals surface area contributed by atoms with Gasteiger partial charge in [-0.05, 0) is 25.8 Å². The second-order valence-electron chi connectivity index (χ2n) is 6.13. The van der Waals surface area contributed by atoms with Crippen LogP contribution in [-0.4, -0.2) is 19.0 Å². The highest BCUT2D eigenvalue weighted by molar-refractivity contribution is 5.75. The molecule has 0 unspecified atom stereocenters. The first-order valence-corrected chi connectivity index (χ1v) is 9.28. The van der Waals surface area contributed by atoms with Crippen molar-refractivity contribution in [2.24, 2.45) is 5.73 Å². The molecule has 1 amide bonds. The maximum atomic E-state index is 11.6. The first-order chi connectivity index (χ1) is 10.3. The van der Waals surface area contributed by atoms with Crippen LogP contribution in [0.2, 0.25) is 0 Å². The summed E-state index contributed by atoms with van der Waals surface area (Å²) in [7, 11) is 0. The lowest BCUT2D eigenvalue weighted by Crippen LogP contribution is -2.23. The average molecular weight is 299 g/mol. The van der Waals surface area contributed by atoms with Crippen LogP contribution in [0.15, 0.2) is 0 Å². The van der Waals surface area contributed by atoms with Crippen LogP contribution in [0.3, 0.4) is 0 Å². The molecule has 0 rings (SSSR count). The standard InChI is InChI=1S/C18H38N2O/c1-2-3-4-5-6-7-8-9-12-15-18(21)20-17-14-11-10-13-16-19/h2-17,19H2,1H3,(H,20,21). The van der Waals surface area contributed by atoms with Gasteiger partial charge in [0.25, 0.3) is 0 Å². The van der Waals surface area contributed by atoms with Gasteiger partial charge in [0.05, 0.1) is 0 Å². The molecular formula is C18H38N2O. The molecule has 0 saturated heterocycles. The van der Waals surface area contributed by atoms with E-state index >= 15 is 0 Å². The molecule has 0 aromatic carbocycles. The van der Waals surface area contributed by atoms with Crippen molar-refractivity contribution in [1.29, 1.82) is 0 Å². The smallest absolute Gasteiger partial charge is 0.219 e. The highest BCUT2D eigenvalue weighted by atomic mass is 16.1. The summed E-state index contributed by atoms with van der Waals surface area (Å²) in [5.41, 5.74) is 5.44. The Morgan fingerprint density at radius 3 is 1.90 bits per heavy atom. The molecule has 3 N–H and O–H groups in total. The number of amides is 1. The SMILES string of the molecule is CCCCCCCCCCCC(=O)NCCCCCCN. The lowest BCUT2D eigenvalue weighted by molar-refractivity contribution is -0.121. The van der Waals surface area contributed by atoms with Gasteiger partial charge < -0.3 is 11.1 Å². The molecule has 3 nitrogen and oxygen atoms in total. The Hall–Kier alpha value is -0.570. The second kappa shape index (κ2) is 17.5. The van der Waals surface area contributed by atoms with Gasteiger partial charge >= 0.3 is 0 Å². The molecule has 0 aliphatic carbocycles. The quantitative estimate of drug-likeness (QED) is 0.411. The fraction of sp³-hybridized carbons (Fsp3) is 0.944. The summed E-state index contributed by atoms with van der Waals surface area (Å²) in [6, 6.07) is 0. The van der Waals surface area contributed by atoms with Gasteiger partial charge in [0.2, 0.25) is 5.91 Å².